The van der Waals surface area contributed by atoms with Gasteiger partial charge in [0.25, 0.3) is 0 Å². The minimum atomic E-state index is -1.27. The molecule has 0 amide bonds. The molecule has 0 spiro atoms. The van der Waals surface area contributed by atoms with Gasteiger partial charge in [-0.15, -0.1) is 0 Å². The minimum Gasteiger partial charge on any atom is -0.381 e. The first-order valence-electron chi connectivity index (χ1n) is 8.82. The van der Waals surface area contributed by atoms with Crippen molar-refractivity contribution in [1.82, 2.24) is 0 Å². The summed E-state index contributed by atoms with van der Waals surface area (Å²) in [6, 6.07) is 0. The molecule has 0 saturated heterocycles. The fourth-order valence-electron chi connectivity index (χ4n) is 5.52. The van der Waals surface area contributed by atoms with Crippen LogP contribution >= 0.6 is 0 Å². The van der Waals surface area contributed by atoms with Gasteiger partial charge >= 0.3 is 0 Å². The number of Topliss-reactive ketones (excluding diaryl/α,β-unsaturated/α-hetero) is 1. The lowest BCUT2D eigenvalue weighted by Gasteiger charge is -2.56. The Balaban J connectivity index is 2.27. The predicted octanol–water partition coefficient (Wildman–Crippen LogP) is 3.76. The van der Waals surface area contributed by atoms with Crippen LogP contribution in [0.3, 0.4) is 0 Å². The molecule has 0 aromatic rings. The van der Waals surface area contributed by atoms with E-state index in [1.54, 1.807) is 13.0 Å². The summed E-state index contributed by atoms with van der Waals surface area (Å²) in [4.78, 5) is 25.8. The Hall–Kier alpha value is -1.22. The molecule has 0 aliphatic heterocycles. The molecule has 3 aliphatic carbocycles. The Bertz CT molecular complexity index is 652. The normalized spacial score (nSPS) is 39.7. The van der Waals surface area contributed by atoms with E-state index in [2.05, 4.69) is 20.8 Å². The molecule has 1 N–H and O–H groups in total. The largest absolute Gasteiger partial charge is 0.381 e. The molecule has 126 valence electrons. The Kier molecular flexibility index (Phi) is 3.54. The lowest BCUT2D eigenvalue weighted by molar-refractivity contribution is -0.128. The number of hydrogen-bond donors (Lipinski definition) is 1. The summed E-state index contributed by atoms with van der Waals surface area (Å²) >= 11 is 0. The fourth-order valence-corrected chi connectivity index (χ4v) is 5.52. The predicted molar refractivity (Wildman–Crippen MR) is 89.9 cm³/mol. The highest BCUT2D eigenvalue weighted by atomic mass is 16.3. The van der Waals surface area contributed by atoms with Crippen LogP contribution < -0.4 is 0 Å². The molecule has 3 atom stereocenters. The van der Waals surface area contributed by atoms with Gasteiger partial charge in [-0.1, -0.05) is 34.1 Å². The second-order valence-electron chi connectivity index (χ2n) is 8.59. The summed E-state index contributed by atoms with van der Waals surface area (Å²) in [7, 11) is 0. The molecular weight excluding hydrogens is 288 g/mol. The van der Waals surface area contributed by atoms with Crippen LogP contribution in [0.4, 0.5) is 0 Å². The number of ketones is 2. The van der Waals surface area contributed by atoms with E-state index in [0.717, 1.165) is 19.3 Å². The lowest BCUT2D eigenvalue weighted by Crippen LogP contribution is -2.54. The van der Waals surface area contributed by atoms with Gasteiger partial charge in [0.2, 0.25) is 0 Å². The second-order valence-corrected chi connectivity index (χ2v) is 8.59. The molecule has 3 aliphatic rings. The Morgan fingerprint density at radius 2 is 1.83 bits per heavy atom. The van der Waals surface area contributed by atoms with Gasteiger partial charge in [-0.25, -0.2) is 0 Å². The molecule has 1 fully saturated rings. The van der Waals surface area contributed by atoms with E-state index < -0.39 is 5.60 Å². The number of aliphatic hydroxyl groups is 1. The standard InChI is InChI=1S/C20H28O3/c1-6-20(23)12(2)10-13(21)16-17(20)14(22)11-15-18(3,4)8-7-9-19(15,16)5/h10,15,23H,6-9,11H2,1-5H3/t15-,19-,20+/m0/s1. The number of hydrogen-bond acceptors (Lipinski definition) is 3. The molecule has 0 aromatic carbocycles. The van der Waals surface area contributed by atoms with Crippen molar-refractivity contribution in [3.63, 3.8) is 0 Å². The van der Waals surface area contributed by atoms with Gasteiger partial charge in [-0.05, 0) is 49.2 Å². The Morgan fingerprint density at radius 3 is 2.43 bits per heavy atom. The Labute approximate surface area is 138 Å². The molecule has 1 saturated carbocycles. The SMILES string of the molecule is CC[C@@]1(O)C(C)=CC(=O)C2=C1C(=O)C[C@H]1C(C)(C)CCC[C@]21C. The van der Waals surface area contributed by atoms with E-state index in [9.17, 15) is 14.7 Å². The van der Waals surface area contributed by atoms with Gasteiger partial charge < -0.3 is 5.11 Å². The maximum Gasteiger partial charge on any atom is 0.182 e. The number of fused-ring (bicyclic) bond motifs is 2. The van der Waals surface area contributed by atoms with Gasteiger partial charge in [0, 0.05) is 23.0 Å². The lowest BCUT2D eigenvalue weighted by atomic mass is 9.47. The topological polar surface area (TPSA) is 54.4 Å². The number of carbonyl (C=O) groups is 2. The summed E-state index contributed by atoms with van der Waals surface area (Å²) in [5, 5.41) is 11.2. The quantitative estimate of drug-likeness (QED) is 0.801. The third-order valence-electron chi connectivity index (χ3n) is 6.89. The van der Waals surface area contributed by atoms with Crippen molar-refractivity contribution in [2.75, 3.05) is 0 Å². The molecule has 0 aromatic heterocycles. The van der Waals surface area contributed by atoms with Gasteiger partial charge in [-0.3, -0.25) is 9.59 Å². The van der Waals surface area contributed by atoms with E-state index in [1.165, 1.54) is 0 Å². The average Bonchev–Trinajstić information content (AvgIpc) is 2.45. The smallest absolute Gasteiger partial charge is 0.182 e. The van der Waals surface area contributed by atoms with Crippen molar-refractivity contribution < 1.29 is 14.7 Å². The molecule has 0 bridgehead atoms. The molecule has 0 radical (unpaired) electrons. The molecular formula is C20H28O3. The summed E-state index contributed by atoms with van der Waals surface area (Å²) < 4.78 is 0. The summed E-state index contributed by atoms with van der Waals surface area (Å²) in [6.07, 6.45) is 5.51. The first-order chi connectivity index (χ1) is 10.6. The van der Waals surface area contributed by atoms with Crippen molar-refractivity contribution in [1.29, 1.82) is 0 Å². The first kappa shape index (κ1) is 16.6. The van der Waals surface area contributed by atoms with E-state index in [4.69, 9.17) is 0 Å². The Morgan fingerprint density at radius 1 is 1.17 bits per heavy atom. The monoisotopic (exact) mass is 316 g/mol. The maximum absolute atomic E-state index is 13.0. The van der Waals surface area contributed by atoms with E-state index in [0.29, 0.717) is 29.6 Å². The van der Waals surface area contributed by atoms with Crippen LogP contribution in [-0.4, -0.2) is 22.3 Å². The van der Waals surface area contributed by atoms with Gasteiger partial charge in [0.15, 0.2) is 11.6 Å². The van der Waals surface area contributed by atoms with Crippen LogP contribution in [0.5, 0.6) is 0 Å². The van der Waals surface area contributed by atoms with Crippen LogP contribution in [0.25, 0.3) is 0 Å². The number of rotatable bonds is 1. The van der Waals surface area contributed by atoms with Crippen molar-refractivity contribution in [2.24, 2.45) is 16.7 Å². The zero-order valence-corrected chi connectivity index (χ0v) is 15.0. The maximum atomic E-state index is 13.0. The third kappa shape index (κ3) is 2.05. The summed E-state index contributed by atoms with van der Waals surface area (Å²) in [5.74, 6) is 0.0864. The van der Waals surface area contributed by atoms with Crippen molar-refractivity contribution >= 4 is 11.6 Å². The van der Waals surface area contributed by atoms with E-state index in [1.807, 2.05) is 6.92 Å². The molecule has 3 nitrogen and oxygen atoms in total. The third-order valence-corrected chi connectivity index (χ3v) is 6.89. The highest BCUT2D eigenvalue weighted by Crippen LogP contribution is 2.61. The van der Waals surface area contributed by atoms with E-state index in [-0.39, 0.29) is 28.3 Å². The van der Waals surface area contributed by atoms with Crippen molar-refractivity contribution in [3.05, 3.63) is 22.8 Å². The van der Waals surface area contributed by atoms with Crippen LogP contribution in [0.1, 0.15) is 66.7 Å². The zero-order valence-electron chi connectivity index (χ0n) is 15.0. The van der Waals surface area contributed by atoms with Gasteiger partial charge in [0.05, 0.1) is 0 Å². The molecule has 3 rings (SSSR count). The number of carbonyl (C=O) groups excluding carboxylic acids is 2. The van der Waals surface area contributed by atoms with E-state index >= 15 is 0 Å². The molecule has 3 heteroatoms. The van der Waals surface area contributed by atoms with Crippen LogP contribution in [0.15, 0.2) is 22.8 Å². The fraction of sp³-hybridized carbons (Fsp3) is 0.700. The minimum absolute atomic E-state index is 0.0254. The van der Waals surface area contributed by atoms with Gasteiger partial charge in [0.1, 0.15) is 5.60 Å². The highest BCUT2D eigenvalue weighted by molar-refractivity contribution is 6.16. The van der Waals surface area contributed by atoms with Crippen molar-refractivity contribution in [2.45, 2.75) is 72.3 Å². The molecule has 0 heterocycles. The second kappa shape index (κ2) is 4.89. The van der Waals surface area contributed by atoms with Crippen LogP contribution in [0, 0.1) is 16.7 Å². The average molecular weight is 316 g/mol. The van der Waals surface area contributed by atoms with Gasteiger partial charge in [-0.2, -0.15) is 0 Å². The zero-order chi connectivity index (χ0) is 17.2. The van der Waals surface area contributed by atoms with Crippen LogP contribution in [0.2, 0.25) is 0 Å². The van der Waals surface area contributed by atoms with Crippen molar-refractivity contribution in [3.8, 4) is 0 Å². The highest BCUT2D eigenvalue weighted by Gasteiger charge is 2.58. The summed E-state index contributed by atoms with van der Waals surface area (Å²) in [6.45, 7) is 10.2. The van der Waals surface area contributed by atoms with Crippen LogP contribution in [-0.2, 0) is 9.59 Å². The molecule has 23 heavy (non-hydrogen) atoms. The molecule has 0 unspecified atom stereocenters. The first-order valence-corrected chi connectivity index (χ1v) is 8.82. The summed E-state index contributed by atoms with van der Waals surface area (Å²) in [5.41, 5.74) is 0.0949. The number of allylic oxidation sites excluding steroid dienone is 2.